The minimum Gasteiger partial charge on any atom is -0.453 e. The van der Waals surface area contributed by atoms with Gasteiger partial charge in [-0.05, 0) is 38.4 Å². The van der Waals surface area contributed by atoms with Crippen LogP contribution in [-0.4, -0.2) is 43.8 Å². The van der Waals surface area contributed by atoms with Crippen molar-refractivity contribution in [3.8, 4) is 0 Å². The number of hydrogen-bond acceptors (Lipinski definition) is 4. The van der Waals surface area contributed by atoms with Gasteiger partial charge in [-0.2, -0.15) is 0 Å². The highest BCUT2D eigenvalue weighted by Gasteiger charge is 2.11. The van der Waals surface area contributed by atoms with Gasteiger partial charge in [0.05, 0.1) is 0 Å². The smallest absolute Gasteiger partial charge is 0.251 e. The molecule has 2 aromatic rings. The monoisotopic (exact) mass is 274 g/mol. The van der Waals surface area contributed by atoms with E-state index in [1.807, 2.05) is 19.0 Å². The molecule has 5 heteroatoms. The highest BCUT2D eigenvalue weighted by molar-refractivity contribution is 6.00. The Morgan fingerprint density at radius 1 is 1.25 bits per heavy atom. The molecule has 0 spiro atoms. The lowest BCUT2D eigenvalue weighted by Gasteiger charge is -2.10. The molecule has 20 heavy (non-hydrogen) atoms. The quantitative estimate of drug-likeness (QED) is 0.846. The van der Waals surface area contributed by atoms with Crippen molar-refractivity contribution in [2.24, 2.45) is 0 Å². The lowest BCUT2D eigenvalue weighted by Crippen LogP contribution is -2.31. The fraction of sp³-hybridized carbons (Fsp3) is 0.333. The van der Waals surface area contributed by atoms with E-state index in [9.17, 15) is 9.59 Å². The van der Waals surface area contributed by atoms with E-state index >= 15 is 0 Å². The zero-order valence-corrected chi connectivity index (χ0v) is 11.9. The fourth-order valence-electron chi connectivity index (χ4n) is 1.85. The summed E-state index contributed by atoms with van der Waals surface area (Å²) < 4.78 is 5.39. The molecule has 0 fully saturated rings. The van der Waals surface area contributed by atoms with E-state index in [2.05, 4.69) is 5.32 Å². The third-order valence-electron chi connectivity index (χ3n) is 2.97. The zero-order valence-electron chi connectivity index (χ0n) is 11.9. The van der Waals surface area contributed by atoms with Crippen LogP contribution < -0.4 is 5.32 Å². The Balaban J connectivity index is 2.14. The zero-order chi connectivity index (χ0) is 14.7. The molecule has 1 N–H and O–H groups in total. The summed E-state index contributed by atoms with van der Waals surface area (Å²) in [6.45, 7) is 2.83. The van der Waals surface area contributed by atoms with Crippen LogP contribution in [0.2, 0.25) is 0 Å². The summed E-state index contributed by atoms with van der Waals surface area (Å²) >= 11 is 0. The number of Topliss-reactive ketones (excluding diaryl/α,β-unsaturated/α-hetero) is 1. The molecule has 0 unspecified atom stereocenters. The first kappa shape index (κ1) is 14.3. The molecule has 1 heterocycles. The molecule has 0 atom stereocenters. The van der Waals surface area contributed by atoms with Gasteiger partial charge in [-0.15, -0.1) is 0 Å². The third kappa shape index (κ3) is 3.24. The van der Waals surface area contributed by atoms with Crippen molar-refractivity contribution in [3.05, 3.63) is 35.6 Å². The lowest BCUT2D eigenvalue weighted by atomic mass is 10.1. The molecule has 2 rings (SSSR count). The summed E-state index contributed by atoms with van der Waals surface area (Å²) in [7, 11) is 3.90. The molecule has 1 amide bonds. The second-order valence-electron chi connectivity index (χ2n) is 4.98. The van der Waals surface area contributed by atoms with Gasteiger partial charge in [-0.3, -0.25) is 9.59 Å². The fourth-order valence-corrected chi connectivity index (χ4v) is 1.85. The van der Waals surface area contributed by atoms with Crippen LogP contribution in [0.3, 0.4) is 0 Å². The molecule has 0 bridgehead atoms. The summed E-state index contributed by atoms with van der Waals surface area (Å²) in [6, 6.07) is 6.80. The second-order valence-corrected chi connectivity index (χ2v) is 4.98. The molecule has 5 nitrogen and oxygen atoms in total. The van der Waals surface area contributed by atoms with E-state index in [-0.39, 0.29) is 11.7 Å². The van der Waals surface area contributed by atoms with Crippen molar-refractivity contribution in [1.29, 1.82) is 0 Å². The Morgan fingerprint density at radius 2 is 2.00 bits per heavy atom. The number of rotatable bonds is 5. The largest absolute Gasteiger partial charge is 0.453 e. The Labute approximate surface area is 117 Å². The van der Waals surface area contributed by atoms with Crippen LogP contribution in [0.5, 0.6) is 0 Å². The van der Waals surface area contributed by atoms with E-state index < -0.39 is 0 Å². The van der Waals surface area contributed by atoms with Crippen LogP contribution in [0.4, 0.5) is 0 Å². The summed E-state index contributed by atoms with van der Waals surface area (Å²) in [5, 5.41) is 3.61. The summed E-state index contributed by atoms with van der Waals surface area (Å²) in [6.07, 6.45) is 0. The maximum Gasteiger partial charge on any atom is 0.251 e. The first-order valence-corrected chi connectivity index (χ1v) is 6.45. The van der Waals surface area contributed by atoms with Gasteiger partial charge < -0.3 is 14.6 Å². The van der Waals surface area contributed by atoms with Crippen LogP contribution in [0, 0.1) is 0 Å². The number of nitrogens with one attached hydrogen (secondary N) is 1. The number of carbonyl (C=O) groups excluding carboxylic acids is 2. The van der Waals surface area contributed by atoms with Crippen LogP contribution in [-0.2, 0) is 0 Å². The molecular formula is C15H18N2O3. The topological polar surface area (TPSA) is 62.6 Å². The summed E-state index contributed by atoms with van der Waals surface area (Å²) in [4.78, 5) is 25.2. The number of ketones is 1. The number of nitrogens with zero attached hydrogens (tertiary/aromatic N) is 1. The number of amides is 1. The van der Waals surface area contributed by atoms with Crippen LogP contribution in [0.1, 0.15) is 27.8 Å². The molecule has 0 aliphatic carbocycles. The molecule has 0 saturated carbocycles. The van der Waals surface area contributed by atoms with Gasteiger partial charge in [0.2, 0.25) is 0 Å². The van der Waals surface area contributed by atoms with Gasteiger partial charge >= 0.3 is 0 Å². The predicted octanol–water partition coefficient (Wildman–Crippen LogP) is 1.93. The number of fused-ring (bicyclic) bond motifs is 1. The SMILES string of the molecule is CC(=O)c1cc2cc(C(=O)NCCN(C)C)ccc2o1. The third-order valence-corrected chi connectivity index (χ3v) is 2.97. The Bertz CT molecular complexity index is 644. The van der Waals surface area contributed by atoms with Crippen molar-refractivity contribution >= 4 is 22.7 Å². The highest BCUT2D eigenvalue weighted by atomic mass is 16.3. The van der Waals surface area contributed by atoms with Crippen molar-refractivity contribution < 1.29 is 14.0 Å². The Hall–Kier alpha value is -2.14. The Kier molecular flexibility index (Phi) is 4.20. The molecule has 1 aromatic heterocycles. The van der Waals surface area contributed by atoms with E-state index in [0.717, 1.165) is 11.9 Å². The van der Waals surface area contributed by atoms with Gasteiger partial charge in [-0.25, -0.2) is 0 Å². The molecule has 0 aliphatic heterocycles. The van der Waals surface area contributed by atoms with Gasteiger partial charge in [0.25, 0.3) is 5.91 Å². The number of benzene rings is 1. The number of furan rings is 1. The number of carbonyl (C=O) groups is 2. The Morgan fingerprint density at radius 3 is 2.65 bits per heavy atom. The molecule has 0 radical (unpaired) electrons. The molecular weight excluding hydrogens is 256 g/mol. The minimum atomic E-state index is -0.127. The van der Waals surface area contributed by atoms with Crippen molar-refractivity contribution in [3.63, 3.8) is 0 Å². The van der Waals surface area contributed by atoms with Crippen molar-refractivity contribution in [2.45, 2.75) is 6.92 Å². The average Bonchev–Trinajstić information content (AvgIpc) is 2.81. The summed E-state index contributed by atoms with van der Waals surface area (Å²) in [5.74, 6) is 0.0580. The normalized spacial score (nSPS) is 11.0. The van der Waals surface area contributed by atoms with Gasteiger partial charge in [0.15, 0.2) is 11.5 Å². The van der Waals surface area contributed by atoms with E-state index in [1.54, 1.807) is 24.3 Å². The first-order valence-electron chi connectivity index (χ1n) is 6.45. The first-order chi connectivity index (χ1) is 9.47. The standard InChI is InChI=1S/C15H18N2O3/c1-10(18)14-9-12-8-11(4-5-13(12)20-14)15(19)16-6-7-17(2)3/h4-5,8-9H,6-7H2,1-3H3,(H,16,19). The molecule has 0 saturated heterocycles. The van der Waals surface area contributed by atoms with Gasteiger partial charge in [0, 0.05) is 31.0 Å². The van der Waals surface area contributed by atoms with E-state index in [0.29, 0.717) is 23.5 Å². The molecule has 106 valence electrons. The highest BCUT2D eigenvalue weighted by Crippen LogP contribution is 2.21. The van der Waals surface area contributed by atoms with E-state index in [4.69, 9.17) is 4.42 Å². The number of likely N-dealkylation sites (N-methyl/N-ethyl adjacent to an activating group) is 1. The van der Waals surface area contributed by atoms with Gasteiger partial charge in [0.1, 0.15) is 5.58 Å². The lowest BCUT2D eigenvalue weighted by molar-refractivity contribution is 0.0949. The van der Waals surface area contributed by atoms with Gasteiger partial charge in [-0.1, -0.05) is 0 Å². The van der Waals surface area contributed by atoms with Crippen LogP contribution in [0.25, 0.3) is 11.0 Å². The summed E-state index contributed by atoms with van der Waals surface area (Å²) in [5.41, 5.74) is 1.17. The minimum absolute atomic E-state index is 0.126. The average molecular weight is 274 g/mol. The van der Waals surface area contributed by atoms with Crippen LogP contribution in [0.15, 0.2) is 28.7 Å². The molecule has 1 aromatic carbocycles. The van der Waals surface area contributed by atoms with Crippen LogP contribution >= 0.6 is 0 Å². The maximum absolute atomic E-state index is 12.0. The second kappa shape index (κ2) is 5.88. The number of hydrogen-bond donors (Lipinski definition) is 1. The predicted molar refractivity (Wildman–Crippen MR) is 77.1 cm³/mol. The maximum atomic E-state index is 12.0. The van der Waals surface area contributed by atoms with E-state index in [1.165, 1.54) is 6.92 Å². The molecule has 0 aliphatic rings. The van der Waals surface area contributed by atoms with Crippen molar-refractivity contribution in [1.82, 2.24) is 10.2 Å². The van der Waals surface area contributed by atoms with Crippen molar-refractivity contribution in [2.75, 3.05) is 27.2 Å².